The van der Waals surface area contributed by atoms with Crippen molar-refractivity contribution in [1.29, 1.82) is 0 Å². The molecule has 0 aliphatic heterocycles. The Hall–Kier alpha value is -0.600. The van der Waals surface area contributed by atoms with Crippen molar-refractivity contribution < 1.29 is 4.39 Å². The van der Waals surface area contributed by atoms with Crippen LogP contribution in [0.5, 0.6) is 0 Å². The number of halogens is 2. The Morgan fingerprint density at radius 3 is 2.61 bits per heavy atom. The molecule has 0 heterocycles. The van der Waals surface area contributed by atoms with Crippen LogP contribution in [-0.2, 0) is 0 Å². The normalized spacial score (nSPS) is 14.5. The number of hydrogen-bond donors (Lipinski definition) is 1. The van der Waals surface area contributed by atoms with Gasteiger partial charge in [0.2, 0.25) is 0 Å². The second kappa shape index (κ2) is 7.75. The molecule has 102 valence electrons. The topological polar surface area (TPSA) is 12.0 Å². The first kappa shape index (κ1) is 15.5. The molecule has 0 aliphatic carbocycles. The van der Waals surface area contributed by atoms with E-state index in [-0.39, 0.29) is 11.9 Å². The number of benzene rings is 1. The molecule has 1 rings (SSSR count). The van der Waals surface area contributed by atoms with Gasteiger partial charge >= 0.3 is 0 Å². The molecule has 0 amide bonds. The average Bonchev–Trinajstić information content (AvgIpc) is 2.34. The first-order valence-corrected chi connectivity index (χ1v) is 7.16. The van der Waals surface area contributed by atoms with Gasteiger partial charge in [-0.25, -0.2) is 4.39 Å². The van der Waals surface area contributed by atoms with Gasteiger partial charge in [-0.2, -0.15) is 0 Å². The van der Waals surface area contributed by atoms with Crippen molar-refractivity contribution in [2.45, 2.75) is 46.1 Å². The van der Waals surface area contributed by atoms with Crippen LogP contribution in [0.25, 0.3) is 0 Å². The Morgan fingerprint density at radius 1 is 1.28 bits per heavy atom. The van der Waals surface area contributed by atoms with E-state index in [0.29, 0.717) is 16.5 Å². The molecular formula is C15H23ClFN. The fraction of sp³-hybridized carbons (Fsp3) is 0.600. The summed E-state index contributed by atoms with van der Waals surface area (Å²) in [5.41, 5.74) is 0.692. The Kier molecular flexibility index (Phi) is 6.66. The van der Waals surface area contributed by atoms with Crippen LogP contribution in [-0.4, -0.2) is 6.54 Å². The van der Waals surface area contributed by atoms with E-state index < -0.39 is 0 Å². The summed E-state index contributed by atoms with van der Waals surface area (Å²) in [6.07, 6.45) is 3.22. The SMILES string of the molecule is CCCNC(c1cc(Cl)ccc1F)C(C)CCC. The summed E-state index contributed by atoms with van der Waals surface area (Å²) >= 11 is 5.98. The van der Waals surface area contributed by atoms with E-state index in [0.717, 1.165) is 25.8 Å². The van der Waals surface area contributed by atoms with Crippen molar-refractivity contribution in [2.24, 2.45) is 5.92 Å². The Bertz CT molecular complexity index is 368. The van der Waals surface area contributed by atoms with Crippen molar-refractivity contribution in [3.8, 4) is 0 Å². The first-order valence-electron chi connectivity index (χ1n) is 6.78. The predicted octanol–water partition coefficient (Wildman–Crippen LogP) is 4.96. The van der Waals surface area contributed by atoms with Gasteiger partial charge in [0, 0.05) is 16.6 Å². The molecule has 18 heavy (non-hydrogen) atoms. The molecule has 3 heteroatoms. The number of nitrogens with one attached hydrogen (secondary N) is 1. The summed E-state index contributed by atoms with van der Waals surface area (Å²) in [5.74, 6) is 0.227. The number of rotatable bonds is 7. The summed E-state index contributed by atoms with van der Waals surface area (Å²) in [4.78, 5) is 0. The van der Waals surface area contributed by atoms with Gasteiger partial charge < -0.3 is 5.32 Å². The van der Waals surface area contributed by atoms with Crippen molar-refractivity contribution >= 4 is 11.6 Å². The van der Waals surface area contributed by atoms with Crippen molar-refractivity contribution in [2.75, 3.05) is 6.54 Å². The smallest absolute Gasteiger partial charge is 0.128 e. The molecule has 2 atom stereocenters. The van der Waals surface area contributed by atoms with E-state index in [1.54, 1.807) is 12.1 Å². The standard InChI is InChI=1S/C15H23ClFN/c1-4-6-11(3)15(18-9-5-2)13-10-12(16)7-8-14(13)17/h7-8,10-11,15,18H,4-6,9H2,1-3H3. The molecule has 0 saturated carbocycles. The molecule has 0 spiro atoms. The molecule has 0 bridgehead atoms. The maximum absolute atomic E-state index is 13.9. The van der Waals surface area contributed by atoms with Crippen LogP contribution in [0.2, 0.25) is 5.02 Å². The molecule has 0 saturated heterocycles. The molecule has 0 aliphatic rings. The van der Waals surface area contributed by atoms with Crippen LogP contribution in [0.3, 0.4) is 0 Å². The average molecular weight is 272 g/mol. The van der Waals surface area contributed by atoms with E-state index in [9.17, 15) is 4.39 Å². The Morgan fingerprint density at radius 2 is 2.00 bits per heavy atom. The van der Waals surface area contributed by atoms with E-state index in [4.69, 9.17) is 11.6 Å². The highest BCUT2D eigenvalue weighted by Gasteiger charge is 2.21. The van der Waals surface area contributed by atoms with Gasteiger partial charge in [0.05, 0.1) is 0 Å². The third-order valence-electron chi connectivity index (χ3n) is 3.22. The summed E-state index contributed by atoms with van der Waals surface area (Å²) in [5, 5.41) is 4.04. The highest BCUT2D eigenvalue weighted by atomic mass is 35.5. The fourth-order valence-electron chi connectivity index (χ4n) is 2.29. The van der Waals surface area contributed by atoms with Gasteiger partial charge in [-0.3, -0.25) is 0 Å². The zero-order chi connectivity index (χ0) is 13.5. The molecular weight excluding hydrogens is 249 g/mol. The second-order valence-electron chi connectivity index (χ2n) is 4.86. The summed E-state index contributed by atoms with van der Waals surface area (Å²) in [6.45, 7) is 7.33. The Labute approximate surface area is 115 Å². The molecule has 0 aromatic heterocycles. The maximum Gasteiger partial charge on any atom is 0.128 e. The molecule has 2 unspecified atom stereocenters. The van der Waals surface area contributed by atoms with Crippen molar-refractivity contribution in [1.82, 2.24) is 5.32 Å². The molecule has 1 N–H and O–H groups in total. The summed E-state index contributed by atoms with van der Waals surface area (Å²) < 4.78 is 13.9. The third kappa shape index (κ3) is 4.25. The van der Waals surface area contributed by atoms with E-state index in [2.05, 4.69) is 26.1 Å². The highest BCUT2D eigenvalue weighted by molar-refractivity contribution is 6.30. The predicted molar refractivity (Wildman–Crippen MR) is 76.5 cm³/mol. The van der Waals surface area contributed by atoms with Gasteiger partial charge in [0.15, 0.2) is 0 Å². The minimum Gasteiger partial charge on any atom is -0.310 e. The summed E-state index contributed by atoms with van der Waals surface area (Å²) in [6, 6.07) is 4.85. The quantitative estimate of drug-likeness (QED) is 0.739. The van der Waals surface area contributed by atoms with Crippen LogP contribution < -0.4 is 5.32 Å². The lowest BCUT2D eigenvalue weighted by Crippen LogP contribution is -2.28. The Balaban J connectivity index is 2.96. The van der Waals surface area contributed by atoms with Crippen LogP contribution in [0.15, 0.2) is 18.2 Å². The highest BCUT2D eigenvalue weighted by Crippen LogP contribution is 2.29. The minimum absolute atomic E-state index is 0.0450. The second-order valence-corrected chi connectivity index (χ2v) is 5.30. The minimum atomic E-state index is -0.170. The van der Waals surface area contributed by atoms with Gasteiger partial charge in [0.25, 0.3) is 0 Å². The zero-order valence-corrected chi connectivity index (χ0v) is 12.2. The van der Waals surface area contributed by atoms with Crippen LogP contribution in [0.4, 0.5) is 4.39 Å². The lowest BCUT2D eigenvalue weighted by atomic mass is 9.90. The van der Waals surface area contributed by atoms with Crippen LogP contribution >= 0.6 is 11.6 Å². The maximum atomic E-state index is 13.9. The molecule has 1 aromatic carbocycles. The van der Waals surface area contributed by atoms with Gasteiger partial charge in [0.1, 0.15) is 5.82 Å². The van der Waals surface area contributed by atoms with Crippen molar-refractivity contribution in [3.63, 3.8) is 0 Å². The molecule has 0 radical (unpaired) electrons. The lowest BCUT2D eigenvalue weighted by Gasteiger charge is -2.26. The van der Waals surface area contributed by atoms with E-state index in [1.165, 1.54) is 6.07 Å². The van der Waals surface area contributed by atoms with Crippen LogP contribution in [0, 0.1) is 11.7 Å². The molecule has 0 fully saturated rings. The number of hydrogen-bond acceptors (Lipinski definition) is 1. The van der Waals surface area contributed by atoms with Crippen LogP contribution in [0.1, 0.15) is 51.6 Å². The molecule has 1 aromatic rings. The first-order chi connectivity index (χ1) is 8.60. The third-order valence-corrected chi connectivity index (χ3v) is 3.46. The molecule has 1 nitrogen and oxygen atoms in total. The lowest BCUT2D eigenvalue weighted by molar-refractivity contribution is 0.353. The zero-order valence-electron chi connectivity index (χ0n) is 11.5. The van der Waals surface area contributed by atoms with Crippen molar-refractivity contribution in [3.05, 3.63) is 34.6 Å². The monoisotopic (exact) mass is 271 g/mol. The van der Waals surface area contributed by atoms with Gasteiger partial charge in [-0.15, -0.1) is 0 Å². The van der Waals surface area contributed by atoms with Gasteiger partial charge in [-0.05, 0) is 43.5 Å². The summed E-state index contributed by atoms with van der Waals surface area (Å²) in [7, 11) is 0. The fourth-order valence-corrected chi connectivity index (χ4v) is 2.47. The van der Waals surface area contributed by atoms with E-state index in [1.807, 2.05) is 0 Å². The van der Waals surface area contributed by atoms with Gasteiger partial charge in [-0.1, -0.05) is 38.8 Å². The largest absolute Gasteiger partial charge is 0.310 e. The van der Waals surface area contributed by atoms with E-state index >= 15 is 0 Å².